The lowest BCUT2D eigenvalue weighted by Gasteiger charge is -2.15. The summed E-state index contributed by atoms with van der Waals surface area (Å²) in [6.45, 7) is 2.09. The van der Waals surface area contributed by atoms with Crippen LogP contribution in [0.25, 0.3) is 0 Å². The van der Waals surface area contributed by atoms with Crippen molar-refractivity contribution in [1.29, 1.82) is 0 Å². The Balaban J connectivity index is 2.21. The lowest BCUT2D eigenvalue weighted by molar-refractivity contribution is 0.896. The first-order valence-electron chi connectivity index (χ1n) is 5.23. The van der Waals surface area contributed by atoms with Crippen molar-refractivity contribution in [1.82, 2.24) is 4.98 Å². The van der Waals surface area contributed by atoms with Crippen LogP contribution in [0, 0.1) is 0 Å². The number of hydrogen-bond acceptors (Lipinski definition) is 4. The Morgan fingerprint density at radius 1 is 1.47 bits per heavy atom. The van der Waals surface area contributed by atoms with Crippen molar-refractivity contribution >= 4 is 34.4 Å². The highest BCUT2D eigenvalue weighted by atomic mass is 32.1. The van der Waals surface area contributed by atoms with Crippen LogP contribution in [0.3, 0.4) is 0 Å². The number of pyridine rings is 1. The Bertz CT molecular complexity index is 508. The molecular formula is C12H13N3S2. The Labute approximate surface area is 110 Å². The normalized spacial score (nSPS) is 12.1. The molecule has 0 amide bonds. The molecule has 0 fully saturated rings. The van der Waals surface area contributed by atoms with E-state index in [0.717, 1.165) is 11.4 Å². The summed E-state index contributed by atoms with van der Waals surface area (Å²) in [6, 6.07) is 8.02. The summed E-state index contributed by atoms with van der Waals surface area (Å²) in [7, 11) is 0. The van der Waals surface area contributed by atoms with Crippen LogP contribution in [0.15, 0.2) is 35.8 Å². The molecule has 0 saturated heterocycles. The third-order valence-electron chi connectivity index (χ3n) is 2.40. The van der Waals surface area contributed by atoms with Gasteiger partial charge in [-0.25, -0.2) is 4.98 Å². The van der Waals surface area contributed by atoms with Gasteiger partial charge < -0.3 is 11.1 Å². The molecule has 2 heterocycles. The number of hydrogen-bond donors (Lipinski definition) is 2. The standard InChI is InChI=1S/C12H13N3S2/c1-8(10-5-3-7-17-10)15-12-9(11(13)16)4-2-6-14-12/h2-8H,1H3,(H2,13,16)(H,14,15). The molecule has 0 bridgehead atoms. The summed E-state index contributed by atoms with van der Waals surface area (Å²) in [6.07, 6.45) is 1.73. The lowest BCUT2D eigenvalue weighted by Crippen LogP contribution is -2.15. The third-order valence-corrected chi connectivity index (χ3v) is 3.67. The monoisotopic (exact) mass is 263 g/mol. The Hall–Kier alpha value is -1.46. The number of rotatable bonds is 4. The molecule has 0 aromatic carbocycles. The van der Waals surface area contributed by atoms with E-state index in [2.05, 4.69) is 28.7 Å². The molecule has 0 aliphatic rings. The van der Waals surface area contributed by atoms with Crippen molar-refractivity contribution in [2.75, 3.05) is 5.32 Å². The van der Waals surface area contributed by atoms with Gasteiger partial charge in [-0.05, 0) is 30.5 Å². The van der Waals surface area contributed by atoms with E-state index < -0.39 is 0 Å². The van der Waals surface area contributed by atoms with Crippen LogP contribution in [0.5, 0.6) is 0 Å². The number of thiocarbonyl (C=S) groups is 1. The fraction of sp³-hybridized carbons (Fsp3) is 0.167. The van der Waals surface area contributed by atoms with Crippen LogP contribution < -0.4 is 11.1 Å². The molecule has 2 aromatic heterocycles. The fourth-order valence-electron chi connectivity index (χ4n) is 1.53. The summed E-state index contributed by atoms with van der Waals surface area (Å²) in [4.78, 5) is 5.89. The van der Waals surface area contributed by atoms with Gasteiger partial charge in [0.1, 0.15) is 10.8 Å². The molecule has 0 spiro atoms. The van der Waals surface area contributed by atoms with Gasteiger partial charge in [-0.1, -0.05) is 18.3 Å². The summed E-state index contributed by atoms with van der Waals surface area (Å²) >= 11 is 6.71. The molecule has 1 unspecified atom stereocenters. The van der Waals surface area contributed by atoms with Crippen LogP contribution in [-0.4, -0.2) is 9.97 Å². The lowest BCUT2D eigenvalue weighted by atomic mass is 10.2. The van der Waals surface area contributed by atoms with E-state index in [1.807, 2.05) is 18.2 Å². The second-order valence-electron chi connectivity index (χ2n) is 3.65. The van der Waals surface area contributed by atoms with Gasteiger partial charge in [0.05, 0.1) is 11.6 Å². The second kappa shape index (κ2) is 5.25. The molecular weight excluding hydrogens is 250 g/mol. The smallest absolute Gasteiger partial charge is 0.136 e. The number of anilines is 1. The van der Waals surface area contributed by atoms with E-state index in [-0.39, 0.29) is 6.04 Å². The molecule has 5 heteroatoms. The molecule has 0 aliphatic carbocycles. The Kier molecular flexibility index (Phi) is 3.71. The predicted octanol–water partition coefficient (Wildman–Crippen LogP) is 2.95. The fourth-order valence-corrected chi connectivity index (χ4v) is 2.43. The van der Waals surface area contributed by atoms with Crippen molar-refractivity contribution in [3.63, 3.8) is 0 Å². The van der Waals surface area contributed by atoms with Crippen molar-refractivity contribution in [3.8, 4) is 0 Å². The number of nitrogens with one attached hydrogen (secondary N) is 1. The molecule has 3 N–H and O–H groups in total. The molecule has 17 heavy (non-hydrogen) atoms. The highest BCUT2D eigenvalue weighted by molar-refractivity contribution is 7.80. The first-order valence-corrected chi connectivity index (χ1v) is 6.52. The molecule has 0 radical (unpaired) electrons. The molecule has 2 aromatic rings. The minimum atomic E-state index is 0.193. The third kappa shape index (κ3) is 2.81. The van der Waals surface area contributed by atoms with Crippen LogP contribution in [0.1, 0.15) is 23.4 Å². The van der Waals surface area contributed by atoms with Gasteiger partial charge in [0.15, 0.2) is 0 Å². The summed E-state index contributed by atoms with van der Waals surface area (Å²) in [5, 5.41) is 5.38. The van der Waals surface area contributed by atoms with Crippen molar-refractivity contribution in [2.24, 2.45) is 5.73 Å². The summed E-state index contributed by atoms with van der Waals surface area (Å²) in [5.74, 6) is 0.737. The first kappa shape index (κ1) is 12.0. The minimum Gasteiger partial charge on any atom is -0.389 e. The number of nitrogens with zero attached hydrogens (tertiary/aromatic N) is 1. The molecule has 2 rings (SSSR count). The van der Waals surface area contributed by atoms with Crippen molar-refractivity contribution in [2.45, 2.75) is 13.0 Å². The van der Waals surface area contributed by atoms with Gasteiger partial charge in [0.2, 0.25) is 0 Å². The molecule has 3 nitrogen and oxygen atoms in total. The number of aromatic nitrogens is 1. The van der Waals surface area contributed by atoms with E-state index in [4.69, 9.17) is 18.0 Å². The van der Waals surface area contributed by atoms with E-state index in [0.29, 0.717) is 4.99 Å². The Morgan fingerprint density at radius 2 is 2.29 bits per heavy atom. The SMILES string of the molecule is CC(Nc1ncccc1C(N)=S)c1cccs1. The second-order valence-corrected chi connectivity index (χ2v) is 5.06. The van der Waals surface area contributed by atoms with Gasteiger partial charge in [0, 0.05) is 11.1 Å². The maximum atomic E-state index is 5.66. The van der Waals surface area contributed by atoms with Gasteiger partial charge in [0.25, 0.3) is 0 Å². The van der Waals surface area contributed by atoms with Crippen molar-refractivity contribution in [3.05, 3.63) is 46.3 Å². The first-order chi connectivity index (χ1) is 8.18. The average molecular weight is 263 g/mol. The van der Waals surface area contributed by atoms with Crippen molar-refractivity contribution < 1.29 is 0 Å². The molecule has 0 saturated carbocycles. The van der Waals surface area contributed by atoms with Crippen LogP contribution in [-0.2, 0) is 0 Å². The summed E-state index contributed by atoms with van der Waals surface area (Å²) < 4.78 is 0. The molecule has 1 atom stereocenters. The zero-order valence-electron chi connectivity index (χ0n) is 9.38. The zero-order chi connectivity index (χ0) is 12.3. The molecule has 0 aliphatic heterocycles. The van der Waals surface area contributed by atoms with Gasteiger partial charge in [-0.3, -0.25) is 0 Å². The zero-order valence-corrected chi connectivity index (χ0v) is 11.0. The topological polar surface area (TPSA) is 50.9 Å². The van der Waals surface area contributed by atoms with Gasteiger partial charge >= 0.3 is 0 Å². The highest BCUT2D eigenvalue weighted by Crippen LogP contribution is 2.23. The van der Waals surface area contributed by atoms with E-state index in [1.54, 1.807) is 17.5 Å². The van der Waals surface area contributed by atoms with Crippen LogP contribution in [0.4, 0.5) is 5.82 Å². The largest absolute Gasteiger partial charge is 0.389 e. The maximum absolute atomic E-state index is 5.66. The quantitative estimate of drug-likeness (QED) is 0.833. The number of nitrogens with two attached hydrogens (primary N) is 1. The minimum absolute atomic E-state index is 0.193. The summed E-state index contributed by atoms with van der Waals surface area (Å²) in [5.41, 5.74) is 6.45. The van der Waals surface area contributed by atoms with Crippen LogP contribution >= 0.6 is 23.6 Å². The number of thiophene rings is 1. The van der Waals surface area contributed by atoms with E-state index in [1.165, 1.54) is 4.88 Å². The van der Waals surface area contributed by atoms with E-state index >= 15 is 0 Å². The van der Waals surface area contributed by atoms with Gasteiger partial charge in [-0.2, -0.15) is 0 Å². The maximum Gasteiger partial charge on any atom is 0.136 e. The van der Waals surface area contributed by atoms with E-state index in [9.17, 15) is 0 Å². The average Bonchev–Trinajstić information content (AvgIpc) is 2.83. The molecule has 88 valence electrons. The Morgan fingerprint density at radius 3 is 2.94 bits per heavy atom. The highest BCUT2D eigenvalue weighted by Gasteiger charge is 2.11. The van der Waals surface area contributed by atoms with Crippen LogP contribution in [0.2, 0.25) is 0 Å². The van der Waals surface area contributed by atoms with Gasteiger partial charge in [-0.15, -0.1) is 11.3 Å². The predicted molar refractivity (Wildman–Crippen MR) is 76.5 cm³/mol.